The minimum Gasteiger partial charge on any atom is -0.444 e. The van der Waals surface area contributed by atoms with Gasteiger partial charge in [-0.1, -0.05) is 12.1 Å². The van der Waals surface area contributed by atoms with Crippen molar-refractivity contribution in [3.8, 4) is 11.1 Å². The van der Waals surface area contributed by atoms with Crippen molar-refractivity contribution in [3.05, 3.63) is 59.0 Å². The summed E-state index contributed by atoms with van der Waals surface area (Å²) >= 11 is 0. The zero-order chi connectivity index (χ0) is 27.2. The molecule has 2 fully saturated rings. The first kappa shape index (κ1) is 25.9. The summed E-state index contributed by atoms with van der Waals surface area (Å²) in [6, 6.07) is 8.29. The Morgan fingerprint density at radius 2 is 1.92 bits per heavy atom. The molecule has 8 nitrogen and oxygen atoms in total. The number of carbonyl (C=O) groups is 2. The van der Waals surface area contributed by atoms with Gasteiger partial charge in [0.15, 0.2) is 0 Å². The second-order valence-corrected chi connectivity index (χ2v) is 11.0. The highest BCUT2D eigenvalue weighted by Gasteiger charge is 2.30. The molecule has 38 heavy (non-hydrogen) atoms. The Morgan fingerprint density at radius 1 is 1.16 bits per heavy atom. The van der Waals surface area contributed by atoms with Crippen molar-refractivity contribution in [2.45, 2.75) is 39.3 Å². The van der Waals surface area contributed by atoms with Gasteiger partial charge in [-0.15, -0.1) is 0 Å². The molecule has 0 aliphatic carbocycles. The molecule has 0 bridgehead atoms. The number of aromatic nitrogens is 2. The molecule has 0 saturated carbocycles. The van der Waals surface area contributed by atoms with Crippen LogP contribution in [-0.2, 0) is 16.5 Å². The van der Waals surface area contributed by atoms with Gasteiger partial charge in [-0.25, -0.2) is 9.18 Å². The maximum atomic E-state index is 14.5. The summed E-state index contributed by atoms with van der Waals surface area (Å²) in [5, 5.41) is 5.31. The number of hydrogen-bond acceptors (Lipinski definition) is 5. The van der Waals surface area contributed by atoms with Crippen molar-refractivity contribution in [3.63, 3.8) is 0 Å². The smallest absolute Gasteiger partial charge is 0.410 e. The molecule has 1 aromatic heterocycles. The fourth-order valence-corrected chi connectivity index (χ4v) is 4.91. The van der Waals surface area contributed by atoms with Gasteiger partial charge in [-0.3, -0.25) is 9.48 Å². The summed E-state index contributed by atoms with van der Waals surface area (Å²) in [5.41, 5.74) is 4.11. The number of fused-ring (bicyclic) bond motifs is 1. The molecule has 200 valence electrons. The van der Waals surface area contributed by atoms with E-state index in [1.807, 2.05) is 53.0 Å². The number of benzene rings is 2. The van der Waals surface area contributed by atoms with Gasteiger partial charge in [0.05, 0.1) is 36.5 Å². The molecule has 3 aromatic rings. The van der Waals surface area contributed by atoms with E-state index >= 15 is 0 Å². The fraction of sp³-hybridized carbons (Fsp3) is 0.414. The number of likely N-dealkylation sites (tertiary alicyclic amines) is 1. The Morgan fingerprint density at radius 3 is 2.63 bits per heavy atom. The number of morpholine rings is 1. The predicted octanol–water partition coefficient (Wildman–Crippen LogP) is 4.87. The van der Waals surface area contributed by atoms with Crippen LogP contribution in [0.25, 0.3) is 28.1 Å². The molecule has 0 radical (unpaired) electrons. The summed E-state index contributed by atoms with van der Waals surface area (Å²) in [6.07, 6.45) is 3.49. The van der Waals surface area contributed by atoms with Crippen molar-refractivity contribution in [1.29, 1.82) is 0 Å². The molecular formula is C29H33FN4O4. The lowest BCUT2D eigenvalue weighted by Crippen LogP contribution is -2.47. The van der Waals surface area contributed by atoms with Gasteiger partial charge in [0, 0.05) is 32.1 Å². The summed E-state index contributed by atoms with van der Waals surface area (Å²) in [6.45, 7) is 9.82. The average Bonchev–Trinajstić information content (AvgIpc) is 3.20. The number of rotatable bonds is 3. The largest absolute Gasteiger partial charge is 0.444 e. The molecular weight excluding hydrogens is 487 g/mol. The van der Waals surface area contributed by atoms with Crippen LogP contribution >= 0.6 is 0 Å². The molecule has 1 atom stereocenters. The van der Waals surface area contributed by atoms with Crippen LogP contribution in [0.5, 0.6) is 0 Å². The third kappa shape index (κ3) is 5.15. The molecule has 5 rings (SSSR count). The summed E-state index contributed by atoms with van der Waals surface area (Å²) < 4.78 is 27.2. The first-order valence-corrected chi connectivity index (χ1v) is 12.8. The zero-order valence-electron chi connectivity index (χ0n) is 22.5. The number of hydrogen-bond donors (Lipinski definition) is 0. The van der Waals surface area contributed by atoms with Crippen LogP contribution in [0.1, 0.15) is 43.6 Å². The first-order valence-electron chi connectivity index (χ1n) is 12.8. The van der Waals surface area contributed by atoms with Gasteiger partial charge in [0.25, 0.3) is 5.91 Å². The Kier molecular flexibility index (Phi) is 6.73. The van der Waals surface area contributed by atoms with Crippen LogP contribution in [0.3, 0.4) is 0 Å². The lowest BCUT2D eigenvalue weighted by atomic mass is 9.93. The van der Waals surface area contributed by atoms with Crippen molar-refractivity contribution in [2.24, 2.45) is 7.05 Å². The maximum absolute atomic E-state index is 14.5. The van der Waals surface area contributed by atoms with Crippen LogP contribution in [0, 0.1) is 5.82 Å². The van der Waals surface area contributed by atoms with E-state index < -0.39 is 11.4 Å². The van der Waals surface area contributed by atoms with Crippen LogP contribution in [0.2, 0.25) is 0 Å². The van der Waals surface area contributed by atoms with E-state index in [0.717, 1.165) is 27.6 Å². The van der Waals surface area contributed by atoms with Gasteiger partial charge >= 0.3 is 6.09 Å². The fourth-order valence-electron chi connectivity index (χ4n) is 4.91. The van der Waals surface area contributed by atoms with Gasteiger partial charge in [-0.2, -0.15) is 5.10 Å². The van der Waals surface area contributed by atoms with E-state index in [-0.39, 0.29) is 18.0 Å². The Hall–Kier alpha value is -3.72. The third-order valence-electron chi connectivity index (χ3n) is 6.83. The molecule has 2 amide bonds. The SMILES string of the molecule is C[C@@H]1COCCN1C(=O)c1cc(F)ccc1-c1cc(C=C2CN(C(=O)OC(C)(C)C)C2)cc2c1cnn2C. The highest BCUT2D eigenvalue weighted by molar-refractivity contribution is 6.06. The minimum absolute atomic E-state index is 0.103. The van der Waals surface area contributed by atoms with Gasteiger partial charge in [-0.05, 0) is 74.2 Å². The lowest BCUT2D eigenvalue weighted by molar-refractivity contribution is 0.00361. The van der Waals surface area contributed by atoms with E-state index in [1.165, 1.54) is 12.1 Å². The number of halogens is 1. The van der Waals surface area contributed by atoms with E-state index in [4.69, 9.17) is 9.47 Å². The van der Waals surface area contributed by atoms with Gasteiger partial charge < -0.3 is 19.3 Å². The van der Waals surface area contributed by atoms with Crippen LogP contribution in [0.4, 0.5) is 9.18 Å². The Balaban J connectivity index is 1.51. The number of amides is 2. The Labute approximate surface area is 221 Å². The van der Waals surface area contributed by atoms with Gasteiger partial charge in [0.1, 0.15) is 11.4 Å². The standard InChI is InChI=1S/C29H33FN4O4/c1-18-17-37-9-8-34(18)27(35)24-13-21(30)6-7-22(24)23-11-19(12-26-25(23)14-31-32(26)5)10-20-15-33(16-20)28(36)38-29(2,3)4/h6-7,10-14,18H,8-9,15-17H2,1-5H3/t18-/m1/s1. The van der Waals surface area contributed by atoms with Crippen LogP contribution < -0.4 is 0 Å². The van der Waals surface area contributed by atoms with Crippen molar-refractivity contribution in [1.82, 2.24) is 19.6 Å². The summed E-state index contributed by atoms with van der Waals surface area (Å²) in [5.74, 6) is -0.682. The molecule has 2 aromatic carbocycles. The quantitative estimate of drug-likeness (QED) is 0.492. The normalized spacial score (nSPS) is 17.9. The second kappa shape index (κ2) is 9.87. The summed E-state index contributed by atoms with van der Waals surface area (Å²) in [4.78, 5) is 29.4. The summed E-state index contributed by atoms with van der Waals surface area (Å²) in [7, 11) is 1.86. The molecule has 0 spiro atoms. The number of nitrogens with zero attached hydrogens (tertiary/aromatic N) is 4. The molecule has 3 heterocycles. The van der Waals surface area contributed by atoms with Crippen molar-refractivity contribution in [2.75, 3.05) is 32.8 Å². The van der Waals surface area contributed by atoms with E-state index in [1.54, 1.807) is 26.7 Å². The molecule has 0 unspecified atom stereocenters. The average molecular weight is 521 g/mol. The number of carbonyl (C=O) groups excluding carboxylic acids is 2. The first-order chi connectivity index (χ1) is 18.0. The number of ether oxygens (including phenoxy) is 2. The second-order valence-electron chi connectivity index (χ2n) is 11.0. The monoisotopic (exact) mass is 520 g/mol. The van der Waals surface area contributed by atoms with E-state index in [9.17, 15) is 14.0 Å². The highest BCUT2D eigenvalue weighted by atomic mass is 19.1. The topological polar surface area (TPSA) is 76.9 Å². The van der Waals surface area contributed by atoms with E-state index in [2.05, 4.69) is 5.10 Å². The Bertz CT molecular complexity index is 1430. The minimum atomic E-state index is -0.542. The van der Waals surface area contributed by atoms with Crippen molar-refractivity contribution < 1.29 is 23.5 Å². The molecule has 9 heteroatoms. The highest BCUT2D eigenvalue weighted by Crippen LogP contribution is 2.35. The lowest BCUT2D eigenvalue weighted by Gasteiger charge is -2.35. The van der Waals surface area contributed by atoms with Crippen molar-refractivity contribution >= 4 is 29.0 Å². The third-order valence-corrected chi connectivity index (χ3v) is 6.83. The van der Waals surface area contributed by atoms with Crippen LogP contribution in [0.15, 0.2) is 42.1 Å². The predicted molar refractivity (Wildman–Crippen MR) is 143 cm³/mol. The zero-order valence-corrected chi connectivity index (χ0v) is 22.5. The molecule has 2 aliphatic heterocycles. The number of aryl methyl sites for hydroxylation is 1. The maximum Gasteiger partial charge on any atom is 0.410 e. The van der Waals surface area contributed by atoms with Gasteiger partial charge in [0.2, 0.25) is 0 Å². The van der Waals surface area contributed by atoms with E-state index in [0.29, 0.717) is 44.0 Å². The molecule has 0 N–H and O–H groups in total. The molecule has 2 saturated heterocycles. The molecule has 2 aliphatic rings. The van der Waals surface area contributed by atoms with Crippen LogP contribution in [-0.4, -0.2) is 76.1 Å².